The first kappa shape index (κ1) is 11.6. The summed E-state index contributed by atoms with van der Waals surface area (Å²) < 4.78 is 4.02. The zero-order chi connectivity index (χ0) is 5.86. The molecule has 0 amide bonds. The van der Waals surface area contributed by atoms with Crippen LogP contribution >= 0.6 is 0 Å². The maximum atomic E-state index is 9.94. The first-order chi connectivity index (χ1) is 3.18. The third kappa shape index (κ3) is 4.92. The fourth-order valence-electron chi connectivity index (χ4n) is 0.144. The topological polar surface area (TPSA) is 43.4 Å². The Hall–Kier alpha value is 0.776. The van der Waals surface area contributed by atoms with Crippen LogP contribution in [0.4, 0.5) is 0 Å². The summed E-state index contributed by atoms with van der Waals surface area (Å²) in [5.41, 5.74) is 0. The first-order valence-electron chi connectivity index (χ1n) is 1.77. The molecule has 0 aliphatic heterocycles. The molecule has 0 heterocycles. The molecule has 0 spiro atoms. The van der Waals surface area contributed by atoms with Gasteiger partial charge in [0.2, 0.25) is 5.78 Å². The van der Waals surface area contributed by atoms with Crippen LogP contribution < -0.4 is 0 Å². The summed E-state index contributed by atoms with van der Waals surface area (Å²) in [6.07, 6.45) is 0. The van der Waals surface area contributed by atoms with Crippen molar-refractivity contribution < 1.29 is 14.3 Å². The van der Waals surface area contributed by atoms with E-state index in [9.17, 15) is 9.59 Å². The Morgan fingerprint density at radius 1 is 1.38 bits per heavy atom. The van der Waals surface area contributed by atoms with Gasteiger partial charge in [-0.1, -0.05) is 0 Å². The summed E-state index contributed by atoms with van der Waals surface area (Å²) in [4.78, 5) is 19.8. The van der Waals surface area contributed by atoms with Gasteiger partial charge in [0.25, 0.3) is 0 Å². The van der Waals surface area contributed by atoms with E-state index in [-0.39, 0.29) is 51.4 Å². The third-order valence-corrected chi connectivity index (χ3v) is 0.473. The van der Waals surface area contributed by atoms with Gasteiger partial charge in [-0.3, -0.25) is 4.79 Å². The van der Waals surface area contributed by atoms with E-state index in [1.165, 1.54) is 7.11 Å². The Labute approximate surface area is 90.2 Å². The van der Waals surface area contributed by atoms with E-state index in [1.807, 2.05) is 0 Å². The summed E-state index contributed by atoms with van der Waals surface area (Å²) >= 11 is 0. The maximum absolute atomic E-state index is 9.94. The first-order valence-corrected chi connectivity index (χ1v) is 1.77. The van der Waals surface area contributed by atoms with Crippen molar-refractivity contribution >= 4 is 63.1 Å². The van der Waals surface area contributed by atoms with Gasteiger partial charge < -0.3 is 4.74 Å². The van der Waals surface area contributed by atoms with Gasteiger partial charge in [-0.05, 0) is 0 Å². The van der Waals surface area contributed by atoms with Crippen LogP contribution in [0.2, 0.25) is 0 Å². The zero-order valence-electron chi connectivity index (χ0n) is 4.22. The number of ketones is 1. The van der Waals surface area contributed by atoms with Crippen LogP contribution in [0.15, 0.2) is 0 Å². The molecule has 0 saturated heterocycles. The van der Waals surface area contributed by atoms with Crippen molar-refractivity contribution in [1.29, 1.82) is 0 Å². The fourth-order valence-corrected chi connectivity index (χ4v) is 0.144. The molecule has 0 aromatic rings. The number of carbonyl (C=O) groups is 2. The number of hydrogen-bond donors (Lipinski definition) is 0. The summed E-state index contributed by atoms with van der Waals surface area (Å²) in [6, 6.07) is 0. The number of ether oxygens (including phenoxy) is 1. The van der Waals surface area contributed by atoms with E-state index in [0.717, 1.165) is 6.92 Å². The number of methoxy groups -OCH3 is 1. The molecule has 0 atom stereocenters. The average Bonchev–Trinajstić information content (AvgIpc) is 1.65. The second-order valence-electron chi connectivity index (χ2n) is 1.05. The molecule has 8 heavy (non-hydrogen) atoms. The second-order valence-corrected chi connectivity index (χ2v) is 1.05. The average molecular weight is 142 g/mol. The SMILES string of the molecule is COC(=O)C(C)=O.[KH]. The van der Waals surface area contributed by atoms with Crippen molar-refractivity contribution in [3.63, 3.8) is 0 Å². The van der Waals surface area contributed by atoms with Crippen LogP contribution in [-0.4, -0.2) is 70.2 Å². The number of esters is 1. The van der Waals surface area contributed by atoms with Gasteiger partial charge in [-0.2, -0.15) is 0 Å². The van der Waals surface area contributed by atoms with Crippen molar-refractivity contribution in [3.05, 3.63) is 0 Å². The van der Waals surface area contributed by atoms with Crippen LogP contribution in [0, 0.1) is 0 Å². The monoisotopic (exact) mass is 142 g/mol. The van der Waals surface area contributed by atoms with Crippen LogP contribution in [-0.2, 0) is 14.3 Å². The predicted molar refractivity (Wildman–Crippen MR) is 29.8 cm³/mol. The molecule has 0 N–H and O–H groups in total. The van der Waals surface area contributed by atoms with Crippen molar-refractivity contribution in [1.82, 2.24) is 0 Å². The second kappa shape index (κ2) is 5.90. The van der Waals surface area contributed by atoms with Crippen LogP contribution in [0.25, 0.3) is 0 Å². The van der Waals surface area contributed by atoms with Gasteiger partial charge in [0.15, 0.2) is 0 Å². The Kier molecular flexibility index (Phi) is 8.53. The van der Waals surface area contributed by atoms with E-state index in [4.69, 9.17) is 0 Å². The van der Waals surface area contributed by atoms with Crippen molar-refractivity contribution in [2.45, 2.75) is 6.92 Å². The van der Waals surface area contributed by atoms with E-state index >= 15 is 0 Å². The van der Waals surface area contributed by atoms with Gasteiger partial charge in [0.05, 0.1) is 7.11 Å². The molecule has 0 fully saturated rings. The van der Waals surface area contributed by atoms with E-state index < -0.39 is 11.8 Å². The molecule has 42 valence electrons. The number of carbonyl (C=O) groups excluding carboxylic acids is 2. The quantitative estimate of drug-likeness (QED) is 0.271. The molecular formula is C4H7KO3. The Morgan fingerprint density at radius 3 is 1.75 bits per heavy atom. The number of rotatable bonds is 1. The van der Waals surface area contributed by atoms with Gasteiger partial charge >= 0.3 is 57.4 Å². The Balaban J connectivity index is 0. The normalized spacial score (nSPS) is 6.75. The molecular weight excluding hydrogens is 135 g/mol. The molecule has 0 rings (SSSR count). The van der Waals surface area contributed by atoms with Crippen LogP contribution in [0.3, 0.4) is 0 Å². The van der Waals surface area contributed by atoms with E-state index in [1.54, 1.807) is 0 Å². The zero-order valence-corrected chi connectivity index (χ0v) is 4.22. The third-order valence-electron chi connectivity index (χ3n) is 0.473. The summed E-state index contributed by atoms with van der Waals surface area (Å²) in [5.74, 6) is -1.36. The molecule has 0 radical (unpaired) electrons. The van der Waals surface area contributed by atoms with E-state index in [0.29, 0.717) is 0 Å². The molecule has 0 unspecified atom stereocenters. The van der Waals surface area contributed by atoms with Crippen molar-refractivity contribution in [3.8, 4) is 0 Å². The van der Waals surface area contributed by atoms with Gasteiger partial charge in [0.1, 0.15) is 0 Å². The van der Waals surface area contributed by atoms with Crippen LogP contribution in [0.5, 0.6) is 0 Å². The molecule has 0 bridgehead atoms. The van der Waals surface area contributed by atoms with Crippen molar-refractivity contribution in [2.24, 2.45) is 0 Å². The van der Waals surface area contributed by atoms with Gasteiger partial charge in [-0.25, -0.2) is 4.79 Å². The van der Waals surface area contributed by atoms with Gasteiger partial charge in [0, 0.05) is 6.92 Å². The molecule has 3 nitrogen and oxygen atoms in total. The Bertz CT molecular complexity index is 99.5. The van der Waals surface area contributed by atoms with Crippen molar-refractivity contribution in [2.75, 3.05) is 7.11 Å². The van der Waals surface area contributed by atoms with Gasteiger partial charge in [-0.15, -0.1) is 0 Å². The molecule has 4 heteroatoms. The summed E-state index contributed by atoms with van der Waals surface area (Å²) in [5, 5.41) is 0. The Morgan fingerprint density at radius 2 is 1.75 bits per heavy atom. The molecule has 0 aromatic heterocycles. The fraction of sp³-hybridized carbons (Fsp3) is 0.500. The molecule has 0 aliphatic rings. The molecule has 0 aliphatic carbocycles. The standard InChI is InChI=1S/C4H6O3.K.H/c1-3(5)4(6)7-2;;/h1-2H3;;. The summed E-state index contributed by atoms with van der Waals surface area (Å²) in [7, 11) is 1.17. The number of Topliss-reactive ketones (excluding diaryl/α,β-unsaturated/α-hetero) is 1. The van der Waals surface area contributed by atoms with E-state index in [2.05, 4.69) is 4.74 Å². The summed E-state index contributed by atoms with van der Waals surface area (Å²) in [6.45, 7) is 1.16. The molecule has 0 saturated carbocycles. The van der Waals surface area contributed by atoms with Crippen LogP contribution in [0.1, 0.15) is 6.92 Å². The predicted octanol–water partition coefficient (Wildman–Crippen LogP) is -0.900. The minimum atomic E-state index is -0.792. The molecule has 0 aromatic carbocycles. The number of hydrogen-bond acceptors (Lipinski definition) is 3. The minimum absolute atomic E-state index is 0.